The van der Waals surface area contributed by atoms with Gasteiger partial charge in [0.2, 0.25) is 0 Å². The smallest absolute Gasteiger partial charge is 0.251 e. The third-order valence-electron chi connectivity index (χ3n) is 3.98. The number of nitrogens with zero attached hydrogens (tertiary/aromatic N) is 3. The number of amides is 1. The van der Waals surface area contributed by atoms with Gasteiger partial charge >= 0.3 is 0 Å². The Bertz CT molecular complexity index is 780. The van der Waals surface area contributed by atoms with Gasteiger partial charge in [0, 0.05) is 25.3 Å². The molecular weight excluding hydrogens is 328 g/mol. The topological polar surface area (TPSA) is 74.1 Å². The monoisotopic (exact) mass is 352 g/mol. The van der Waals surface area contributed by atoms with E-state index in [0.717, 1.165) is 11.4 Å². The Labute approximate surface area is 153 Å². The number of anilines is 1. The number of hydrogen-bond donors (Lipinski definition) is 1. The second kappa shape index (κ2) is 8.89. The van der Waals surface area contributed by atoms with E-state index in [1.807, 2.05) is 50.2 Å². The van der Waals surface area contributed by atoms with Crippen molar-refractivity contribution < 1.29 is 9.59 Å². The first kappa shape index (κ1) is 19.3. The number of carbonyl (C=O) groups excluding carboxylic acids is 2. The maximum Gasteiger partial charge on any atom is 0.251 e. The van der Waals surface area contributed by atoms with Gasteiger partial charge in [0.15, 0.2) is 5.78 Å². The molecule has 1 amide bonds. The van der Waals surface area contributed by atoms with Gasteiger partial charge in [0.1, 0.15) is 0 Å². The molecule has 136 valence electrons. The fourth-order valence-electron chi connectivity index (χ4n) is 2.35. The minimum absolute atomic E-state index is 0.0495. The molecule has 0 saturated carbocycles. The molecule has 26 heavy (non-hydrogen) atoms. The summed E-state index contributed by atoms with van der Waals surface area (Å²) in [7, 11) is 3.96. The number of ketones is 1. The van der Waals surface area contributed by atoms with Crippen molar-refractivity contribution in [3.63, 3.8) is 0 Å². The highest BCUT2D eigenvalue weighted by Gasteiger charge is 2.15. The Hall–Kier alpha value is -3.02. The summed E-state index contributed by atoms with van der Waals surface area (Å²) in [5.41, 5.74) is 2.98. The van der Waals surface area contributed by atoms with Gasteiger partial charge < -0.3 is 10.2 Å². The Morgan fingerprint density at radius 2 is 1.46 bits per heavy atom. The molecule has 1 unspecified atom stereocenters. The molecule has 2 aromatic carbocycles. The highest BCUT2D eigenvalue weighted by atomic mass is 16.2. The number of Topliss-reactive ketones (excluding diaryl/α,β-unsaturated/α-hetero) is 1. The van der Waals surface area contributed by atoms with Crippen LogP contribution in [0.1, 0.15) is 30.6 Å². The molecule has 0 heterocycles. The second-order valence-corrected chi connectivity index (χ2v) is 6.20. The van der Waals surface area contributed by atoms with Crippen LogP contribution in [0.25, 0.3) is 0 Å². The normalized spacial score (nSPS) is 12.0. The molecule has 0 saturated heterocycles. The van der Waals surface area contributed by atoms with Gasteiger partial charge in [0.25, 0.3) is 5.91 Å². The third-order valence-corrected chi connectivity index (χ3v) is 3.98. The summed E-state index contributed by atoms with van der Waals surface area (Å²) in [6.45, 7) is 3.34. The number of hydrogen-bond acceptors (Lipinski definition) is 5. The van der Waals surface area contributed by atoms with E-state index in [9.17, 15) is 9.59 Å². The maximum atomic E-state index is 12.2. The molecule has 0 fully saturated rings. The average molecular weight is 352 g/mol. The minimum atomic E-state index is -0.452. The molecule has 0 radical (unpaired) electrons. The van der Waals surface area contributed by atoms with Crippen LogP contribution in [0.3, 0.4) is 0 Å². The van der Waals surface area contributed by atoms with Crippen molar-refractivity contribution in [3.05, 3.63) is 54.1 Å². The van der Waals surface area contributed by atoms with Crippen LogP contribution < -0.4 is 10.2 Å². The van der Waals surface area contributed by atoms with Gasteiger partial charge in [-0.05, 0) is 61.9 Å². The first-order valence-corrected chi connectivity index (χ1v) is 8.51. The summed E-state index contributed by atoms with van der Waals surface area (Å²) >= 11 is 0. The molecule has 6 heteroatoms. The summed E-state index contributed by atoms with van der Waals surface area (Å²) in [5, 5.41) is 11.1. The Morgan fingerprint density at radius 1 is 0.962 bits per heavy atom. The molecule has 6 nitrogen and oxygen atoms in total. The third kappa shape index (κ3) is 5.24. The van der Waals surface area contributed by atoms with E-state index < -0.39 is 6.04 Å². The van der Waals surface area contributed by atoms with Crippen LogP contribution in [-0.2, 0) is 4.79 Å². The van der Waals surface area contributed by atoms with Crippen molar-refractivity contribution in [1.29, 1.82) is 0 Å². The first-order valence-electron chi connectivity index (χ1n) is 8.51. The summed E-state index contributed by atoms with van der Waals surface area (Å²) in [6, 6.07) is 14.1. The lowest BCUT2D eigenvalue weighted by Gasteiger charge is -2.13. The second-order valence-electron chi connectivity index (χ2n) is 6.20. The molecule has 1 N–H and O–H groups in total. The zero-order valence-corrected chi connectivity index (χ0v) is 15.6. The zero-order valence-electron chi connectivity index (χ0n) is 15.6. The fraction of sp³-hybridized carbons (Fsp3) is 0.300. The lowest BCUT2D eigenvalue weighted by atomic mass is 10.1. The van der Waals surface area contributed by atoms with Crippen molar-refractivity contribution in [2.75, 3.05) is 19.0 Å². The molecular formula is C20H24N4O2. The molecule has 0 aliphatic rings. The molecule has 0 bridgehead atoms. The molecule has 0 aliphatic carbocycles. The predicted octanol–water partition coefficient (Wildman–Crippen LogP) is 4.27. The van der Waals surface area contributed by atoms with E-state index in [0.29, 0.717) is 17.7 Å². The summed E-state index contributed by atoms with van der Waals surface area (Å²) < 4.78 is 0. The van der Waals surface area contributed by atoms with Gasteiger partial charge in [-0.3, -0.25) is 9.59 Å². The number of nitrogens with one attached hydrogen (secondary N) is 1. The van der Waals surface area contributed by atoms with Gasteiger partial charge in [-0.1, -0.05) is 6.92 Å². The molecule has 0 aromatic heterocycles. The molecule has 0 spiro atoms. The van der Waals surface area contributed by atoms with Crippen molar-refractivity contribution in [3.8, 4) is 0 Å². The summed E-state index contributed by atoms with van der Waals surface area (Å²) in [6.07, 6.45) is 0.569. The first-order chi connectivity index (χ1) is 12.4. The molecule has 2 rings (SSSR count). The summed E-state index contributed by atoms with van der Waals surface area (Å²) in [4.78, 5) is 25.6. The van der Waals surface area contributed by atoms with Gasteiger partial charge in [0.05, 0.1) is 17.4 Å². The maximum absolute atomic E-state index is 12.2. The molecule has 1 atom stereocenters. The SMILES string of the molecule is CCC(NC(=O)c1ccc(N=Nc2ccc(N(C)C)cc2)cc1)C(C)=O. The highest BCUT2D eigenvalue weighted by molar-refractivity contribution is 5.97. The van der Waals surface area contributed by atoms with E-state index in [1.54, 1.807) is 24.3 Å². The largest absolute Gasteiger partial charge is 0.378 e. The zero-order chi connectivity index (χ0) is 19.1. The van der Waals surface area contributed by atoms with Gasteiger partial charge in [-0.15, -0.1) is 0 Å². The van der Waals surface area contributed by atoms with Crippen LogP contribution in [-0.4, -0.2) is 31.8 Å². The van der Waals surface area contributed by atoms with Crippen LogP contribution in [0.2, 0.25) is 0 Å². The lowest BCUT2D eigenvalue weighted by molar-refractivity contribution is -0.118. The quantitative estimate of drug-likeness (QED) is 0.756. The van der Waals surface area contributed by atoms with Crippen molar-refractivity contribution in [2.24, 2.45) is 10.2 Å². The van der Waals surface area contributed by atoms with Crippen LogP contribution in [0.15, 0.2) is 58.8 Å². The Morgan fingerprint density at radius 3 is 1.88 bits per heavy atom. The van der Waals surface area contributed by atoms with Crippen LogP contribution >= 0.6 is 0 Å². The van der Waals surface area contributed by atoms with Crippen molar-refractivity contribution in [2.45, 2.75) is 26.3 Å². The van der Waals surface area contributed by atoms with E-state index in [2.05, 4.69) is 15.5 Å². The number of benzene rings is 2. The fourth-order valence-corrected chi connectivity index (χ4v) is 2.35. The van der Waals surface area contributed by atoms with Crippen LogP contribution in [0.4, 0.5) is 17.1 Å². The highest BCUT2D eigenvalue weighted by Crippen LogP contribution is 2.21. The summed E-state index contributed by atoms with van der Waals surface area (Å²) in [5.74, 6) is -0.318. The minimum Gasteiger partial charge on any atom is -0.378 e. The molecule has 2 aromatic rings. The Kier molecular flexibility index (Phi) is 6.60. The van der Waals surface area contributed by atoms with Crippen molar-refractivity contribution >= 4 is 28.8 Å². The van der Waals surface area contributed by atoms with E-state index in [-0.39, 0.29) is 11.7 Å². The van der Waals surface area contributed by atoms with Gasteiger partial charge in [-0.25, -0.2) is 0 Å². The van der Waals surface area contributed by atoms with E-state index in [1.165, 1.54) is 6.92 Å². The Balaban J connectivity index is 2.02. The van der Waals surface area contributed by atoms with Gasteiger partial charge in [-0.2, -0.15) is 10.2 Å². The number of azo groups is 1. The number of rotatable bonds is 7. The van der Waals surface area contributed by atoms with Crippen molar-refractivity contribution in [1.82, 2.24) is 5.32 Å². The number of carbonyl (C=O) groups is 2. The predicted molar refractivity (Wildman–Crippen MR) is 104 cm³/mol. The van der Waals surface area contributed by atoms with Crippen LogP contribution in [0.5, 0.6) is 0 Å². The molecule has 0 aliphatic heterocycles. The standard InChI is InChI=1S/C20H24N4O2/c1-5-19(14(2)25)21-20(26)15-6-8-16(9-7-15)22-23-17-10-12-18(13-11-17)24(3)4/h6-13,19H,5H2,1-4H3,(H,21,26). The van der Waals surface area contributed by atoms with E-state index >= 15 is 0 Å². The average Bonchev–Trinajstić information content (AvgIpc) is 2.64. The lowest BCUT2D eigenvalue weighted by Crippen LogP contribution is -2.39. The van der Waals surface area contributed by atoms with E-state index in [4.69, 9.17) is 0 Å². The van der Waals surface area contributed by atoms with Crippen LogP contribution in [0, 0.1) is 0 Å².